The molecule has 2 atom stereocenters. The highest BCUT2D eigenvalue weighted by molar-refractivity contribution is 5.83. The van der Waals surface area contributed by atoms with E-state index in [4.69, 9.17) is 10.8 Å². The number of carboxylic acids is 1. The maximum atomic E-state index is 10.6. The zero-order valence-electron chi connectivity index (χ0n) is 9.08. The van der Waals surface area contributed by atoms with Crippen LogP contribution in [-0.2, 0) is 4.79 Å². The summed E-state index contributed by atoms with van der Waals surface area (Å²) >= 11 is 0. The monoisotopic (exact) mass is 231 g/mol. The van der Waals surface area contributed by atoms with Gasteiger partial charge in [0.2, 0.25) is 0 Å². The standard InChI is InChI=1S/C13H13NO3/c14-11(12(15)13(16)17)10-6-5-8-3-1-2-4-9(8)7-10/h1-7,11-12,15H,14H2,(H,16,17)/t11-,12-/m0/s1. The first-order valence-electron chi connectivity index (χ1n) is 5.25. The fourth-order valence-electron chi connectivity index (χ4n) is 1.75. The number of hydrogen-bond donors (Lipinski definition) is 3. The quantitative estimate of drug-likeness (QED) is 0.743. The summed E-state index contributed by atoms with van der Waals surface area (Å²) in [5, 5.41) is 20.1. The molecule has 0 spiro atoms. The lowest BCUT2D eigenvalue weighted by Crippen LogP contribution is -2.33. The number of benzene rings is 2. The van der Waals surface area contributed by atoms with Gasteiger partial charge in [0, 0.05) is 0 Å². The molecule has 4 nitrogen and oxygen atoms in total. The molecule has 0 aromatic heterocycles. The van der Waals surface area contributed by atoms with Crippen molar-refractivity contribution in [3.05, 3.63) is 48.0 Å². The molecule has 2 rings (SSSR count). The summed E-state index contributed by atoms with van der Waals surface area (Å²) in [5.74, 6) is -1.31. The number of hydrogen-bond acceptors (Lipinski definition) is 3. The number of rotatable bonds is 3. The molecule has 0 amide bonds. The van der Waals surface area contributed by atoms with Crippen LogP contribution in [0.4, 0.5) is 0 Å². The van der Waals surface area contributed by atoms with Gasteiger partial charge in [-0.2, -0.15) is 0 Å². The van der Waals surface area contributed by atoms with Crippen molar-refractivity contribution in [3.63, 3.8) is 0 Å². The summed E-state index contributed by atoms with van der Waals surface area (Å²) in [6.07, 6.45) is -1.59. The van der Waals surface area contributed by atoms with E-state index in [1.54, 1.807) is 12.1 Å². The number of fused-ring (bicyclic) bond motifs is 1. The lowest BCUT2D eigenvalue weighted by Gasteiger charge is -2.15. The molecular weight excluding hydrogens is 218 g/mol. The van der Waals surface area contributed by atoms with E-state index < -0.39 is 18.1 Å². The Labute approximate surface area is 98.3 Å². The molecule has 0 unspecified atom stereocenters. The molecular formula is C13H13NO3. The Morgan fingerprint density at radius 1 is 1.12 bits per heavy atom. The summed E-state index contributed by atoms with van der Waals surface area (Å²) in [6, 6.07) is 12.2. The van der Waals surface area contributed by atoms with Crippen LogP contribution in [-0.4, -0.2) is 22.3 Å². The van der Waals surface area contributed by atoms with Gasteiger partial charge in [-0.25, -0.2) is 4.79 Å². The number of aliphatic carboxylic acids is 1. The number of aliphatic hydroxyl groups excluding tert-OH is 1. The molecule has 0 fully saturated rings. The second-order valence-corrected chi connectivity index (χ2v) is 3.92. The second kappa shape index (κ2) is 4.53. The van der Waals surface area contributed by atoms with Crippen molar-refractivity contribution in [2.75, 3.05) is 0 Å². The van der Waals surface area contributed by atoms with Crippen molar-refractivity contribution in [3.8, 4) is 0 Å². The van der Waals surface area contributed by atoms with E-state index >= 15 is 0 Å². The number of aliphatic hydroxyl groups is 1. The van der Waals surface area contributed by atoms with E-state index in [1.807, 2.05) is 30.3 Å². The SMILES string of the molecule is N[C@@H](c1ccc2ccccc2c1)[C@H](O)C(=O)O. The largest absolute Gasteiger partial charge is 0.479 e. The number of nitrogens with two attached hydrogens (primary N) is 1. The van der Waals surface area contributed by atoms with Crippen LogP contribution in [0.25, 0.3) is 10.8 Å². The summed E-state index contributed by atoms with van der Waals surface area (Å²) in [6.45, 7) is 0. The molecule has 17 heavy (non-hydrogen) atoms. The molecule has 0 bridgehead atoms. The first-order valence-corrected chi connectivity index (χ1v) is 5.25. The minimum absolute atomic E-state index is 0.610. The van der Waals surface area contributed by atoms with Crippen LogP contribution >= 0.6 is 0 Å². The predicted octanol–water partition coefficient (Wildman–Crippen LogP) is 1.29. The highest BCUT2D eigenvalue weighted by atomic mass is 16.4. The maximum absolute atomic E-state index is 10.6. The van der Waals surface area contributed by atoms with Gasteiger partial charge >= 0.3 is 5.97 Å². The number of carboxylic acid groups (broad SMARTS) is 1. The van der Waals surface area contributed by atoms with E-state index in [0.29, 0.717) is 5.56 Å². The van der Waals surface area contributed by atoms with Crippen LogP contribution in [0.15, 0.2) is 42.5 Å². The summed E-state index contributed by atoms with van der Waals surface area (Å²) < 4.78 is 0. The van der Waals surface area contributed by atoms with Crippen LogP contribution in [0.3, 0.4) is 0 Å². The highest BCUT2D eigenvalue weighted by Crippen LogP contribution is 2.21. The van der Waals surface area contributed by atoms with Crippen LogP contribution in [0, 0.1) is 0 Å². The third-order valence-electron chi connectivity index (χ3n) is 2.75. The van der Waals surface area contributed by atoms with Gasteiger partial charge in [0.05, 0.1) is 6.04 Å². The van der Waals surface area contributed by atoms with Crippen LogP contribution in [0.1, 0.15) is 11.6 Å². The minimum atomic E-state index is -1.59. The summed E-state index contributed by atoms with van der Waals surface area (Å²) in [7, 11) is 0. The smallest absolute Gasteiger partial charge is 0.334 e. The molecule has 4 heteroatoms. The fraction of sp³-hybridized carbons (Fsp3) is 0.154. The van der Waals surface area contributed by atoms with Gasteiger partial charge < -0.3 is 15.9 Å². The molecule has 2 aromatic carbocycles. The zero-order valence-corrected chi connectivity index (χ0v) is 9.08. The van der Waals surface area contributed by atoms with Gasteiger partial charge in [0.25, 0.3) is 0 Å². The third kappa shape index (κ3) is 2.27. The number of carbonyl (C=O) groups is 1. The van der Waals surface area contributed by atoms with Crippen LogP contribution in [0.2, 0.25) is 0 Å². The summed E-state index contributed by atoms with van der Waals surface area (Å²) in [5.41, 5.74) is 6.31. The van der Waals surface area contributed by atoms with Crippen molar-refractivity contribution in [2.45, 2.75) is 12.1 Å². The molecule has 0 radical (unpaired) electrons. The van der Waals surface area contributed by atoms with Crippen molar-refractivity contribution in [1.82, 2.24) is 0 Å². The van der Waals surface area contributed by atoms with Gasteiger partial charge in [0.15, 0.2) is 6.10 Å². The summed E-state index contributed by atoms with van der Waals surface area (Å²) in [4.78, 5) is 10.6. The fourth-order valence-corrected chi connectivity index (χ4v) is 1.75. The zero-order chi connectivity index (χ0) is 12.4. The molecule has 0 aliphatic rings. The molecule has 0 saturated carbocycles. The minimum Gasteiger partial charge on any atom is -0.479 e. The van der Waals surface area contributed by atoms with E-state index in [-0.39, 0.29) is 0 Å². The van der Waals surface area contributed by atoms with Gasteiger partial charge in [-0.1, -0.05) is 36.4 Å². The van der Waals surface area contributed by atoms with Gasteiger partial charge in [-0.15, -0.1) is 0 Å². The first kappa shape index (κ1) is 11.6. The Hall–Kier alpha value is -1.91. The van der Waals surface area contributed by atoms with Crippen LogP contribution < -0.4 is 5.73 Å². The lowest BCUT2D eigenvalue weighted by molar-refractivity contribution is -0.147. The Bertz CT molecular complexity index is 553. The lowest BCUT2D eigenvalue weighted by atomic mass is 9.99. The second-order valence-electron chi connectivity index (χ2n) is 3.92. The molecule has 88 valence electrons. The predicted molar refractivity (Wildman–Crippen MR) is 64.5 cm³/mol. The Balaban J connectivity index is 2.39. The third-order valence-corrected chi connectivity index (χ3v) is 2.75. The molecule has 0 aliphatic heterocycles. The molecule has 0 saturated heterocycles. The van der Waals surface area contributed by atoms with Gasteiger partial charge in [-0.05, 0) is 22.4 Å². The van der Waals surface area contributed by atoms with E-state index in [2.05, 4.69) is 0 Å². The average Bonchev–Trinajstić information content (AvgIpc) is 2.36. The van der Waals surface area contributed by atoms with Crippen LogP contribution in [0.5, 0.6) is 0 Å². The van der Waals surface area contributed by atoms with E-state index in [9.17, 15) is 9.90 Å². The van der Waals surface area contributed by atoms with Crippen molar-refractivity contribution < 1.29 is 15.0 Å². The normalized spacial score (nSPS) is 14.5. The van der Waals surface area contributed by atoms with Crippen molar-refractivity contribution >= 4 is 16.7 Å². The topological polar surface area (TPSA) is 83.5 Å². The first-order chi connectivity index (χ1) is 8.09. The molecule has 4 N–H and O–H groups in total. The van der Waals surface area contributed by atoms with Gasteiger partial charge in [0.1, 0.15) is 0 Å². The Kier molecular flexibility index (Phi) is 3.08. The Morgan fingerprint density at radius 2 is 1.76 bits per heavy atom. The average molecular weight is 231 g/mol. The molecule has 0 aliphatic carbocycles. The van der Waals surface area contributed by atoms with Crippen molar-refractivity contribution in [2.24, 2.45) is 5.73 Å². The Morgan fingerprint density at radius 3 is 2.41 bits per heavy atom. The maximum Gasteiger partial charge on any atom is 0.334 e. The highest BCUT2D eigenvalue weighted by Gasteiger charge is 2.23. The van der Waals surface area contributed by atoms with E-state index in [0.717, 1.165) is 10.8 Å². The van der Waals surface area contributed by atoms with Crippen molar-refractivity contribution in [1.29, 1.82) is 0 Å². The molecule has 0 heterocycles. The van der Waals surface area contributed by atoms with E-state index in [1.165, 1.54) is 0 Å². The van der Waals surface area contributed by atoms with Gasteiger partial charge in [-0.3, -0.25) is 0 Å². The molecule has 2 aromatic rings.